The van der Waals surface area contributed by atoms with E-state index in [0.29, 0.717) is 10.4 Å². The summed E-state index contributed by atoms with van der Waals surface area (Å²) in [5, 5.41) is 8.21. The summed E-state index contributed by atoms with van der Waals surface area (Å²) in [5.41, 5.74) is 2.29. The summed E-state index contributed by atoms with van der Waals surface area (Å²) in [4.78, 5) is 28.5. The van der Waals surface area contributed by atoms with E-state index in [1.54, 1.807) is 23.5 Å². The molecule has 0 unspecified atom stereocenters. The van der Waals surface area contributed by atoms with E-state index in [4.69, 9.17) is 4.42 Å². The van der Waals surface area contributed by atoms with Gasteiger partial charge in [0.1, 0.15) is 0 Å². The Balaban J connectivity index is 1.64. The van der Waals surface area contributed by atoms with E-state index in [0.717, 1.165) is 16.3 Å². The van der Waals surface area contributed by atoms with Crippen LogP contribution in [-0.2, 0) is 4.79 Å². The van der Waals surface area contributed by atoms with Crippen LogP contribution in [0.1, 0.15) is 15.6 Å². The molecule has 0 fully saturated rings. The molecule has 1 aromatic carbocycles. The van der Waals surface area contributed by atoms with Gasteiger partial charge < -0.3 is 15.1 Å². The number of rotatable bonds is 5. The number of amides is 2. The van der Waals surface area contributed by atoms with Crippen LogP contribution in [0.2, 0.25) is 0 Å². The summed E-state index contributed by atoms with van der Waals surface area (Å²) in [6, 6.07) is 10.5. The molecule has 0 radical (unpaired) electrons. The highest BCUT2D eigenvalue weighted by atomic mass is 79.9. The molecule has 0 bridgehead atoms. The number of nitrogens with zero attached hydrogens (tertiary/aromatic N) is 1. The van der Waals surface area contributed by atoms with Gasteiger partial charge in [0.2, 0.25) is 5.91 Å². The number of nitrogens with one attached hydrogen (secondary N) is 2. The third-order valence-electron chi connectivity index (χ3n) is 3.30. The van der Waals surface area contributed by atoms with Crippen molar-refractivity contribution in [3.63, 3.8) is 0 Å². The van der Waals surface area contributed by atoms with E-state index in [1.807, 2.05) is 30.5 Å². The topological polar surface area (TPSA) is 84.2 Å². The number of furan rings is 1. The van der Waals surface area contributed by atoms with Crippen LogP contribution in [0.3, 0.4) is 0 Å². The van der Waals surface area contributed by atoms with Gasteiger partial charge in [0.15, 0.2) is 10.4 Å². The first-order valence-corrected chi connectivity index (χ1v) is 9.05. The third-order valence-corrected chi connectivity index (χ3v) is 4.50. The summed E-state index contributed by atoms with van der Waals surface area (Å²) in [6.45, 7) is 1.76. The zero-order valence-corrected chi connectivity index (χ0v) is 15.6. The molecule has 128 valence electrons. The quantitative estimate of drug-likeness (QED) is 0.657. The van der Waals surface area contributed by atoms with Crippen LogP contribution in [0.4, 0.5) is 5.69 Å². The lowest BCUT2D eigenvalue weighted by Gasteiger charge is -2.10. The van der Waals surface area contributed by atoms with Gasteiger partial charge in [0.25, 0.3) is 5.91 Å². The van der Waals surface area contributed by atoms with Crippen molar-refractivity contribution in [1.82, 2.24) is 10.3 Å². The van der Waals surface area contributed by atoms with Gasteiger partial charge >= 0.3 is 0 Å². The smallest absolute Gasteiger partial charge is 0.287 e. The van der Waals surface area contributed by atoms with Crippen molar-refractivity contribution in [2.24, 2.45) is 0 Å². The fourth-order valence-corrected chi connectivity index (χ4v) is 3.10. The molecule has 2 heterocycles. The van der Waals surface area contributed by atoms with Crippen molar-refractivity contribution < 1.29 is 14.0 Å². The first kappa shape index (κ1) is 17.4. The molecule has 0 saturated heterocycles. The zero-order chi connectivity index (χ0) is 17.8. The number of carbonyl (C=O) groups is 2. The highest BCUT2D eigenvalue weighted by Crippen LogP contribution is 2.28. The van der Waals surface area contributed by atoms with Gasteiger partial charge in [-0.25, -0.2) is 4.98 Å². The Labute approximate surface area is 156 Å². The Kier molecular flexibility index (Phi) is 5.30. The van der Waals surface area contributed by atoms with Gasteiger partial charge in [-0.2, -0.15) is 0 Å². The zero-order valence-electron chi connectivity index (χ0n) is 13.2. The second kappa shape index (κ2) is 7.62. The molecular weight excluding hydrogens is 406 g/mol. The van der Waals surface area contributed by atoms with Crippen molar-refractivity contribution in [2.75, 3.05) is 11.9 Å². The molecule has 3 rings (SSSR count). The Hall–Kier alpha value is -2.45. The van der Waals surface area contributed by atoms with Gasteiger partial charge in [-0.1, -0.05) is 18.2 Å². The Morgan fingerprint density at radius 3 is 2.72 bits per heavy atom. The number of carbonyl (C=O) groups excluding carboxylic acids is 2. The summed E-state index contributed by atoms with van der Waals surface area (Å²) in [5.74, 6) is -0.652. The molecule has 8 heteroatoms. The molecule has 0 aliphatic heterocycles. The second-order valence-electron chi connectivity index (χ2n) is 5.13. The van der Waals surface area contributed by atoms with Gasteiger partial charge in [-0.05, 0) is 41.1 Å². The number of anilines is 1. The number of halogens is 1. The molecule has 0 spiro atoms. The van der Waals surface area contributed by atoms with E-state index in [1.165, 1.54) is 6.07 Å². The van der Waals surface area contributed by atoms with Crippen molar-refractivity contribution in [2.45, 2.75) is 6.92 Å². The molecule has 0 saturated carbocycles. The molecule has 0 aliphatic rings. The van der Waals surface area contributed by atoms with Crippen LogP contribution in [0.25, 0.3) is 11.3 Å². The highest BCUT2D eigenvalue weighted by molar-refractivity contribution is 9.10. The first-order valence-electron chi connectivity index (χ1n) is 7.38. The van der Waals surface area contributed by atoms with Crippen molar-refractivity contribution in [3.05, 3.63) is 57.2 Å². The minimum absolute atomic E-state index is 0.137. The lowest BCUT2D eigenvalue weighted by molar-refractivity contribution is -0.115. The van der Waals surface area contributed by atoms with Crippen molar-refractivity contribution >= 4 is 44.8 Å². The van der Waals surface area contributed by atoms with E-state index in [9.17, 15) is 9.59 Å². The fourth-order valence-electron chi connectivity index (χ4n) is 2.18. The number of hydrogen-bond acceptors (Lipinski definition) is 5. The summed E-state index contributed by atoms with van der Waals surface area (Å²) < 4.78 is 5.59. The summed E-state index contributed by atoms with van der Waals surface area (Å²) >= 11 is 4.67. The Bertz CT molecular complexity index is 919. The average Bonchev–Trinajstić information content (AvgIpc) is 3.22. The molecule has 25 heavy (non-hydrogen) atoms. The Morgan fingerprint density at radius 1 is 1.24 bits per heavy atom. The number of aromatic nitrogens is 1. The number of thiazole rings is 1. The van der Waals surface area contributed by atoms with Gasteiger partial charge in [-0.15, -0.1) is 11.3 Å². The van der Waals surface area contributed by atoms with Crippen LogP contribution in [0.15, 0.2) is 50.9 Å². The highest BCUT2D eigenvalue weighted by Gasteiger charge is 2.14. The summed E-state index contributed by atoms with van der Waals surface area (Å²) in [6.07, 6.45) is 0. The van der Waals surface area contributed by atoms with Crippen LogP contribution >= 0.6 is 27.3 Å². The molecular formula is C17H14BrN3O3S. The average molecular weight is 420 g/mol. The maximum atomic E-state index is 12.2. The molecule has 3 aromatic rings. The SMILES string of the molecule is Cc1nc(-c2ccccc2NC(=O)CNC(=O)c2ccc(Br)o2)cs1. The largest absolute Gasteiger partial charge is 0.444 e. The first-order chi connectivity index (χ1) is 12.0. The van der Waals surface area contributed by atoms with Crippen molar-refractivity contribution in [3.8, 4) is 11.3 Å². The molecule has 2 aromatic heterocycles. The second-order valence-corrected chi connectivity index (χ2v) is 6.98. The molecule has 2 amide bonds. The normalized spacial score (nSPS) is 10.5. The monoisotopic (exact) mass is 419 g/mol. The molecule has 0 atom stereocenters. The van der Waals surface area contributed by atoms with Gasteiger partial charge in [0.05, 0.1) is 22.9 Å². The number of hydrogen-bond donors (Lipinski definition) is 2. The third kappa shape index (κ3) is 4.34. The molecule has 6 nitrogen and oxygen atoms in total. The molecule has 2 N–H and O–H groups in total. The van der Waals surface area contributed by atoms with E-state index < -0.39 is 5.91 Å². The van der Waals surface area contributed by atoms with Crippen LogP contribution in [0.5, 0.6) is 0 Å². The lowest BCUT2D eigenvalue weighted by Crippen LogP contribution is -2.32. The number of benzene rings is 1. The van der Waals surface area contributed by atoms with Crippen LogP contribution in [0, 0.1) is 6.92 Å². The van der Waals surface area contributed by atoms with Crippen molar-refractivity contribution in [1.29, 1.82) is 0 Å². The number of aryl methyl sites for hydroxylation is 1. The summed E-state index contributed by atoms with van der Waals surface area (Å²) in [7, 11) is 0. The fraction of sp³-hybridized carbons (Fsp3) is 0.118. The van der Waals surface area contributed by atoms with Crippen LogP contribution in [-0.4, -0.2) is 23.3 Å². The van der Waals surface area contributed by atoms with E-state index in [2.05, 4.69) is 31.5 Å². The standard InChI is InChI=1S/C17H14BrN3O3S/c1-10-20-13(9-25-10)11-4-2-3-5-12(11)21-16(22)8-19-17(23)14-6-7-15(18)24-14/h2-7,9H,8H2,1H3,(H,19,23)(H,21,22). The minimum Gasteiger partial charge on any atom is -0.444 e. The van der Waals surface area contributed by atoms with Crippen LogP contribution < -0.4 is 10.6 Å². The molecule has 0 aliphatic carbocycles. The van der Waals surface area contributed by atoms with Gasteiger partial charge in [0, 0.05) is 10.9 Å². The number of para-hydroxylation sites is 1. The van der Waals surface area contributed by atoms with E-state index >= 15 is 0 Å². The Morgan fingerprint density at radius 2 is 2.04 bits per heavy atom. The van der Waals surface area contributed by atoms with Gasteiger partial charge in [-0.3, -0.25) is 9.59 Å². The predicted molar refractivity (Wildman–Crippen MR) is 99.7 cm³/mol. The minimum atomic E-state index is -0.454. The van der Waals surface area contributed by atoms with E-state index in [-0.39, 0.29) is 18.2 Å². The lowest BCUT2D eigenvalue weighted by atomic mass is 10.1. The predicted octanol–water partition coefficient (Wildman–Crippen LogP) is 3.84. The maximum absolute atomic E-state index is 12.2. The maximum Gasteiger partial charge on any atom is 0.287 e.